The Bertz CT molecular complexity index is 1320. The van der Waals surface area contributed by atoms with Crippen molar-refractivity contribution in [2.45, 2.75) is 47.5 Å². The quantitative estimate of drug-likeness (QED) is 0.414. The number of carbonyl (C=O) groups excluding carboxylic acids is 1. The van der Waals surface area contributed by atoms with Crippen molar-refractivity contribution in [3.05, 3.63) is 97.9 Å². The fourth-order valence-corrected chi connectivity index (χ4v) is 4.59. The van der Waals surface area contributed by atoms with Gasteiger partial charge in [-0.2, -0.15) is 5.10 Å². The van der Waals surface area contributed by atoms with Crippen LogP contribution in [0, 0.1) is 34.6 Å². The van der Waals surface area contributed by atoms with E-state index in [0.29, 0.717) is 22.8 Å². The van der Waals surface area contributed by atoms with Crippen LogP contribution in [0.2, 0.25) is 5.02 Å². The maximum Gasteiger partial charge on any atom is 0.256 e. The Hall–Kier alpha value is -3.18. The average Bonchev–Trinajstić information content (AvgIpc) is 3.18. The topological polar surface area (TPSA) is 59.3 Å². The minimum Gasteiger partial charge on any atom is -0.352 e. The van der Waals surface area contributed by atoms with E-state index in [0.717, 1.165) is 35.4 Å². The van der Waals surface area contributed by atoms with Crippen LogP contribution in [0.3, 0.4) is 0 Å². The number of aromatic nitrogens is 3. The highest BCUT2D eigenvalue weighted by molar-refractivity contribution is 6.30. The zero-order valence-corrected chi connectivity index (χ0v) is 20.5. The number of halogens is 1. The Labute approximate surface area is 199 Å². The molecule has 0 saturated carbocycles. The molecule has 0 bridgehead atoms. The molecule has 2 heterocycles. The molecule has 5 nitrogen and oxygen atoms in total. The van der Waals surface area contributed by atoms with Crippen LogP contribution in [-0.2, 0) is 12.8 Å². The third kappa shape index (κ3) is 4.79. The maximum absolute atomic E-state index is 12.9. The van der Waals surface area contributed by atoms with Gasteiger partial charge in [-0.15, -0.1) is 0 Å². The van der Waals surface area contributed by atoms with Gasteiger partial charge in [-0.1, -0.05) is 41.4 Å². The fourth-order valence-electron chi connectivity index (χ4n) is 4.46. The number of carbonyl (C=O) groups is 1. The molecule has 4 aromatic rings. The van der Waals surface area contributed by atoms with Crippen LogP contribution in [0.25, 0.3) is 5.65 Å². The highest BCUT2D eigenvalue weighted by Crippen LogP contribution is 2.24. The zero-order chi connectivity index (χ0) is 23.7. The molecule has 1 amide bonds. The van der Waals surface area contributed by atoms with E-state index in [1.807, 2.05) is 38.1 Å². The summed E-state index contributed by atoms with van der Waals surface area (Å²) in [4.78, 5) is 17.6. The molecule has 2 aromatic carbocycles. The predicted molar refractivity (Wildman–Crippen MR) is 133 cm³/mol. The standard InChI is InChI=1S/C27H29ClN4O/c1-16-12-17(2)23(18(3)13-16)14-24-19(4)31-26-25(15-30-32(26)20(24)5)27(33)29-11-10-21-6-8-22(28)9-7-21/h6-9,12-13,15H,10-11,14H2,1-5H3,(H,29,33). The van der Waals surface area contributed by atoms with Crippen molar-refractivity contribution in [2.24, 2.45) is 0 Å². The Morgan fingerprint density at radius 3 is 2.33 bits per heavy atom. The summed E-state index contributed by atoms with van der Waals surface area (Å²) in [5.41, 5.74) is 10.5. The number of fused-ring (bicyclic) bond motifs is 1. The zero-order valence-electron chi connectivity index (χ0n) is 19.8. The molecule has 0 unspecified atom stereocenters. The molecule has 170 valence electrons. The minimum atomic E-state index is -0.164. The number of amides is 1. The molecule has 0 aliphatic heterocycles. The van der Waals surface area contributed by atoms with Crippen molar-refractivity contribution in [3.8, 4) is 0 Å². The summed E-state index contributed by atoms with van der Waals surface area (Å²) < 4.78 is 1.79. The van der Waals surface area contributed by atoms with Gasteiger partial charge in [0.05, 0.1) is 6.20 Å². The number of hydrogen-bond acceptors (Lipinski definition) is 3. The predicted octanol–water partition coefficient (Wildman–Crippen LogP) is 5.49. The Kier molecular flexibility index (Phi) is 6.52. The van der Waals surface area contributed by atoms with Crippen molar-refractivity contribution in [3.63, 3.8) is 0 Å². The first-order valence-electron chi connectivity index (χ1n) is 11.2. The van der Waals surface area contributed by atoms with Crippen molar-refractivity contribution >= 4 is 23.2 Å². The van der Waals surface area contributed by atoms with Gasteiger partial charge < -0.3 is 5.32 Å². The molecule has 4 rings (SSSR count). The summed E-state index contributed by atoms with van der Waals surface area (Å²) in [7, 11) is 0. The Morgan fingerprint density at radius 2 is 1.67 bits per heavy atom. The second-order valence-corrected chi connectivity index (χ2v) is 9.18. The van der Waals surface area contributed by atoms with E-state index in [2.05, 4.69) is 43.3 Å². The van der Waals surface area contributed by atoms with E-state index in [-0.39, 0.29) is 5.91 Å². The van der Waals surface area contributed by atoms with Gasteiger partial charge in [0, 0.05) is 29.4 Å². The van der Waals surface area contributed by atoms with Crippen LogP contribution in [0.5, 0.6) is 0 Å². The number of nitrogens with one attached hydrogen (secondary N) is 1. The summed E-state index contributed by atoms with van der Waals surface area (Å²) in [6.07, 6.45) is 3.13. The number of nitrogens with zero attached hydrogens (tertiary/aromatic N) is 3. The van der Waals surface area contributed by atoms with E-state index in [4.69, 9.17) is 16.6 Å². The van der Waals surface area contributed by atoms with E-state index in [1.165, 1.54) is 22.3 Å². The van der Waals surface area contributed by atoms with Gasteiger partial charge in [-0.05, 0) is 81.0 Å². The first-order valence-corrected chi connectivity index (χ1v) is 11.6. The molecule has 1 N–H and O–H groups in total. The van der Waals surface area contributed by atoms with Gasteiger partial charge in [0.25, 0.3) is 5.91 Å². The minimum absolute atomic E-state index is 0.164. The lowest BCUT2D eigenvalue weighted by atomic mass is 9.93. The van der Waals surface area contributed by atoms with Gasteiger partial charge >= 0.3 is 0 Å². The van der Waals surface area contributed by atoms with E-state index in [9.17, 15) is 4.79 Å². The highest BCUT2D eigenvalue weighted by atomic mass is 35.5. The molecule has 0 radical (unpaired) electrons. The highest BCUT2D eigenvalue weighted by Gasteiger charge is 2.19. The molecule has 0 aliphatic rings. The first kappa shape index (κ1) is 23.0. The first-order chi connectivity index (χ1) is 15.7. The second kappa shape index (κ2) is 9.36. The molecule has 0 aliphatic carbocycles. The van der Waals surface area contributed by atoms with Crippen molar-refractivity contribution in [1.82, 2.24) is 19.9 Å². The molecule has 2 aromatic heterocycles. The van der Waals surface area contributed by atoms with Crippen LogP contribution in [-0.4, -0.2) is 27.0 Å². The van der Waals surface area contributed by atoms with Crippen molar-refractivity contribution in [2.75, 3.05) is 6.54 Å². The number of rotatable bonds is 6. The summed E-state index contributed by atoms with van der Waals surface area (Å²) in [6, 6.07) is 12.1. The largest absolute Gasteiger partial charge is 0.352 e. The molecule has 0 fully saturated rings. The second-order valence-electron chi connectivity index (χ2n) is 8.74. The number of hydrogen-bond donors (Lipinski definition) is 1. The summed E-state index contributed by atoms with van der Waals surface area (Å²) in [6.45, 7) is 11.0. The molecule has 0 spiro atoms. The normalized spacial score (nSPS) is 11.2. The van der Waals surface area contributed by atoms with Gasteiger partial charge in [0.15, 0.2) is 5.65 Å². The molecular formula is C27H29ClN4O. The number of benzene rings is 2. The summed E-state index contributed by atoms with van der Waals surface area (Å²) in [5, 5.41) is 8.19. The smallest absolute Gasteiger partial charge is 0.256 e. The van der Waals surface area contributed by atoms with Gasteiger partial charge in [-0.25, -0.2) is 9.50 Å². The van der Waals surface area contributed by atoms with Crippen LogP contribution < -0.4 is 5.32 Å². The van der Waals surface area contributed by atoms with Crippen LogP contribution in [0.4, 0.5) is 0 Å². The summed E-state index contributed by atoms with van der Waals surface area (Å²) >= 11 is 5.94. The third-order valence-corrected chi connectivity index (χ3v) is 6.51. The average molecular weight is 461 g/mol. The van der Waals surface area contributed by atoms with Gasteiger partial charge in [0.1, 0.15) is 5.56 Å². The third-order valence-electron chi connectivity index (χ3n) is 6.26. The molecule has 0 atom stereocenters. The SMILES string of the molecule is Cc1cc(C)c(Cc2c(C)nc3c(C(=O)NCCc4ccc(Cl)cc4)cnn3c2C)c(C)c1. The fraction of sp³-hybridized carbons (Fsp3) is 0.296. The van der Waals surface area contributed by atoms with E-state index in [1.54, 1.807) is 10.7 Å². The number of aryl methyl sites for hydroxylation is 5. The van der Waals surface area contributed by atoms with E-state index >= 15 is 0 Å². The lowest BCUT2D eigenvalue weighted by molar-refractivity contribution is 0.0955. The van der Waals surface area contributed by atoms with E-state index < -0.39 is 0 Å². The molecular weight excluding hydrogens is 432 g/mol. The lowest BCUT2D eigenvalue weighted by Crippen LogP contribution is -2.25. The molecule has 33 heavy (non-hydrogen) atoms. The van der Waals surface area contributed by atoms with Crippen molar-refractivity contribution < 1.29 is 4.79 Å². The Balaban J connectivity index is 1.56. The molecule has 6 heteroatoms. The van der Waals surface area contributed by atoms with Gasteiger partial charge in [-0.3, -0.25) is 4.79 Å². The van der Waals surface area contributed by atoms with Crippen molar-refractivity contribution in [1.29, 1.82) is 0 Å². The maximum atomic E-state index is 12.9. The lowest BCUT2D eigenvalue weighted by Gasteiger charge is -2.15. The van der Waals surface area contributed by atoms with Crippen LogP contribution >= 0.6 is 11.6 Å². The summed E-state index contributed by atoms with van der Waals surface area (Å²) in [5.74, 6) is -0.164. The van der Waals surface area contributed by atoms with Crippen LogP contribution in [0.1, 0.15) is 55.1 Å². The monoisotopic (exact) mass is 460 g/mol. The molecule has 0 saturated heterocycles. The van der Waals surface area contributed by atoms with Crippen LogP contribution in [0.15, 0.2) is 42.6 Å². The van der Waals surface area contributed by atoms with Gasteiger partial charge in [0.2, 0.25) is 0 Å². The Morgan fingerprint density at radius 1 is 1.00 bits per heavy atom.